The van der Waals surface area contributed by atoms with Gasteiger partial charge in [0.15, 0.2) is 0 Å². The summed E-state index contributed by atoms with van der Waals surface area (Å²) >= 11 is 0. The van der Waals surface area contributed by atoms with Crippen molar-refractivity contribution in [1.82, 2.24) is 15.1 Å². The van der Waals surface area contributed by atoms with Crippen molar-refractivity contribution in [2.75, 3.05) is 6.54 Å². The smallest absolute Gasteiger partial charge is 0.222 e. The Balaban J connectivity index is 2.17. The summed E-state index contributed by atoms with van der Waals surface area (Å²) in [4.78, 5) is 0. The summed E-state index contributed by atoms with van der Waals surface area (Å²) in [5, 5.41) is 7.89. The highest BCUT2D eigenvalue weighted by Crippen LogP contribution is 2.27. The van der Waals surface area contributed by atoms with Crippen molar-refractivity contribution in [2.45, 2.75) is 40.2 Å². The van der Waals surface area contributed by atoms with E-state index >= 15 is 0 Å². The van der Waals surface area contributed by atoms with Crippen LogP contribution in [0.3, 0.4) is 0 Å². The molecule has 0 aliphatic carbocycles. The molecule has 0 unspecified atom stereocenters. The lowest BCUT2D eigenvalue weighted by Gasteiger charge is -2.10. The van der Waals surface area contributed by atoms with E-state index in [4.69, 9.17) is 4.74 Å². The maximum Gasteiger partial charge on any atom is 0.222 e. The number of ether oxygens (including phenoxy) is 1. The van der Waals surface area contributed by atoms with Crippen LogP contribution in [0.1, 0.15) is 37.1 Å². The molecule has 0 atom stereocenters. The molecule has 1 aromatic carbocycles. The Hall–Kier alpha value is -1.81. The lowest BCUT2D eigenvalue weighted by Crippen LogP contribution is -2.14. The third kappa shape index (κ3) is 3.85. The third-order valence-corrected chi connectivity index (χ3v) is 3.56. The van der Waals surface area contributed by atoms with Crippen molar-refractivity contribution < 1.29 is 4.74 Å². The van der Waals surface area contributed by atoms with Gasteiger partial charge in [-0.05, 0) is 44.0 Å². The van der Waals surface area contributed by atoms with E-state index in [0.717, 1.165) is 48.8 Å². The van der Waals surface area contributed by atoms with Gasteiger partial charge in [0, 0.05) is 13.6 Å². The highest BCUT2D eigenvalue weighted by molar-refractivity contribution is 5.36. The molecule has 0 aliphatic heterocycles. The Bertz CT molecular complexity index is 572. The topological polar surface area (TPSA) is 39.1 Å². The molecule has 4 nitrogen and oxygen atoms in total. The van der Waals surface area contributed by atoms with E-state index < -0.39 is 0 Å². The van der Waals surface area contributed by atoms with Crippen LogP contribution < -0.4 is 10.1 Å². The molecule has 2 aromatic rings. The standard InChI is InChI=1S/C17H25N3O/c1-5-11-18-12-16-13(3)19-20(4)17(16)21-15-9-7-14(6-2)8-10-15/h7-10,18H,5-6,11-12H2,1-4H3. The molecule has 0 fully saturated rings. The molecule has 0 bridgehead atoms. The van der Waals surface area contributed by atoms with Gasteiger partial charge in [-0.2, -0.15) is 5.10 Å². The predicted molar refractivity (Wildman–Crippen MR) is 85.8 cm³/mol. The number of nitrogens with one attached hydrogen (secondary N) is 1. The first-order chi connectivity index (χ1) is 10.2. The van der Waals surface area contributed by atoms with Crippen LogP contribution in [-0.2, 0) is 20.0 Å². The fourth-order valence-electron chi connectivity index (χ4n) is 2.31. The van der Waals surface area contributed by atoms with Crippen LogP contribution in [0.15, 0.2) is 24.3 Å². The Kier molecular flexibility index (Phi) is 5.39. The lowest BCUT2D eigenvalue weighted by molar-refractivity contribution is 0.423. The van der Waals surface area contributed by atoms with Gasteiger partial charge in [0.2, 0.25) is 5.88 Å². The van der Waals surface area contributed by atoms with Crippen molar-refractivity contribution in [2.24, 2.45) is 7.05 Å². The molecule has 114 valence electrons. The average molecular weight is 287 g/mol. The zero-order chi connectivity index (χ0) is 15.2. The Morgan fingerprint density at radius 2 is 1.90 bits per heavy atom. The van der Waals surface area contributed by atoms with Crippen molar-refractivity contribution in [3.8, 4) is 11.6 Å². The van der Waals surface area contributed by atoms with Crippen molar-refractivity contribution in [1.29, 1.82) is 0 Å². The minimum absolute atomic E-state index is 0.788. The van der Waals surface area contributed by atoms with Gasteiger partial charge in [0.25, 0.3) is 0 Å². The first-order valence-electron chi connectivity index (χ1n) is 7.65. The largest absolute Gasteiger partial charge is 0.439 e. The van der Waals surface area contributed by atoms with E-state index in [1.165, 1.54) is 5.56 Å². The number of benzene rings is 1. The number of hydrogen-bond donors (Lipinski definition) is 1. The number of aromatic nitrogens is 2. The van der Waals surface area contributed by atoms with Crippen LogP contribution >= 0.6 is 0 Å². The van der Waals surface area contributed by atoms with E-state index in [2.05, 4.69) is 36.4 Å². The second-order valence-corrected chi connectivity index (χ2v) is 5.27. The minimum Gasteiger partial charge on any atom is -0.439 e. The number of rotatable bonds is 7. The average Bonchev–Trinajstić information content (AvgIpc) is 2.75. The molecule has 2 rings (SSSR count). The predicted octanol–water partition coefficient (Wildman–Crippen LogP) is 3.58. The maximum absolute atomic E-state index is 6.05. The quantitative estimate of drug-likeness (QED) is 0.791. The van der Waals surface area contributed by atoms with E-state index in [1.54, 1.807) is 0 Å². The summed E-state index contributed by atoms with van der Waals surface area (Å²) in [5.41, 5.74) is 3.46. The zero-order valence-corrected chi connectivity index (χ0v) is 13.4. The molecule has 4 heteroatoms. The van der Waals surface area contributed by atoms with Gasteiger partial charge in [-0.1, -0.05) is 26.0 Å². The third-order valence-electron chi connectivity index (χ3n) is 3.56. The molecular formula is C17H25N3O. The van der Waals surface area contributed by atoms with Gasteiger partial charge < -0.3 is 10.1 Å². The SMILES string of the molecule is CCCNCc1c(C)nn(C)c1Oc1ccc(CC)cc1. The summed E-state index contributed by atoms with van der Waals surface area (Å²) in [7, 11) is 1.92. The monoisotopic (exact) mass is 287 g/mol. The van der Waals surface area contributed by atoms with Crippen LogP contribution in [0.5, 0.6) is 11.6 Å². The van der Waals surface area contributed by atoms with E-state index in [-0.39, 0.29) is 0 Å². The van der Waals surface area contributed by atoms with Gasteiger partial charge in [-0.25, -0.2) is 4.68 Å². The van der Waals surface area contributed by atoms with Crippen LogP contribution in [0.25, 0.3) is 0 Å². The van der Waals surface area contributed by atoms with E-state index in [9.17, 15) is 0 Å². The molecule has 0 saturated heterocycles. The van der Waals surface area contributed by atoms with Crippen LogP contribution in [0.2, 0.25) is 0 Å². The normalized spacial score (nSPS) is 10.9. The highest BCUT2D eigenvalue weighted by Gasteiger charge is 2.15. The van der Waals surface area contributed by atoms with Gasteiger partial charge in [0.05, 0.1) is 11.3 Å². The highest BCUT2D eigenvalue weighted by atomic mass is 16.5. The summed E-state index contributed by atoms with van der Waals surface area (Å²) < 4.78 is 7.86. The number of nitrogens with zero attached hydrogens (tertiary/aromatic N) is 2. The molecule has 1 aromatic heterocycles. The van der Waals surface area contributed by atoms with Gasteiger partial charge in [-0.3, -0.25) is 0 Å². The van der Waals surface area contributed by atoms with Crippen LogP contribution in [0.4, 0.5) is 0 Å². The van der Waals surface area contributed by atoms with Gasteiger partial charge in [-0.15, -0.1) is 0 Å². The fraction of sp³-hybridized carbons (Fsp3) is 0.471. The molecule has 1 heterocycles. The molecule has 0 saturated carbocycles. The van der Waals surface area contributed by atoms with Crippen molar-refractivity contribution >= 4 is 0 Å². The zero-order valence-electron chi connectivity index (χ0n) is 13.4. The van der Waals surface area contributed by atoms with Crippen LogP contribution in [0, 0.1) is 6.92 Å². The summed E-state index contributed by atoms with van der Waals surface area (Å²) in [6.07, 6.45) is 2.16. The van der Waals surface area contributed by atoms with E-state index in [1.807, 2.05) is 30.8 Å². The summed E-state index contributed by atoms with van der Waals surface area (Å²) in [6.45, 7) is 8.12. The van der Waals surface area contributed by atoms with Crippen molar-refractivity contribution in [3.63, 3.8) is 0 Å². The molecule has 0 spiro atoms. The van der Waals surface area contributed by atoms with Gasteiger partial charge in [0.1, 0.15) is 5.75 Å². The molecule has 1 N–H and O–H groups in total. The number of hydrogen-bond acceptors (Lipinski definition) is 3. The van der Waals surface area contributed by atoms with Crippen LogP contribution in [-0.4, -0.2) is 16.3 Å². The molecule has 0 aliphatic rings. The lowest BCUT2D eigenvalue weighted by atomic mass is 10.2. The minimum atomic E-state index is 0.788. The maximum atomic E-state index is 6.05. The fourth-order valence-corrected chi connectivity index (χ4v) is 2.31. The molecule has 21 heavy (non-hydrogen) atoms. The molecule has 0 radical (unpaired) electrons. The Labute approximate surface area is 127 Å². The Morgan fingerprint density at radius 3 is 2.52 bits per heavy atom. The van der Waals surface area contributed by atoms with E-state index in [0.29, 0.717) is 0 Å². The number of aryl methyl sites for hydroxylation is 3. The Morgan fingerprint density at radius 1 is 1.19 bits per heavy atom. The first-order valence-corrected chi connectivity index (χ1v) is 7.65. The van der Waals surface area contributed by atoms with Gasteiger partial charge >= 0.3 is 0 Å². The summed E-state index contributed by atoms with van der Waals surface area (Å²) in [5.74, 6) is 1.67. The second-order valence-electron chi connectivity index (χ2n) is 5.27. The first kappa shape index (κ1) is 15.6. The summed E-state index contributed by atoms with van der Waals surface area (Å²) in [6, 6.07) is 8.25. The van der Waals surface area contributed by atoms with Crippen molar-refractivity contribution in [3.05, 3.63) is 41.1 Å². The second kappa shape index (κ2) is 7.27. The molecule has 0 amide bonds. The molecular weight excluding hydrogens is 262 g/mol.